The first kappa shape index (κ1) is 13.9. The van der Waals surface area contributed by atoms with Crippen LogP contribution in [0.3, 0.4) is 0 Å². The lowest BCUT2D eigenvalue weighted by molar-refractivity contribution is -0.137. The molecule has 0 spiro atoms. The molecule has 1 N–H and O–H groups in total. The van der Waals surface area contributed by atoms with Crippen molar-refractivity contribution in [1.82, 2.24) is 5.32 Å². The minimum absolute atomic E-state index is 0.0367. The van der Waals surface area contributed by atoms with Crippen LogP contribution in [-0.2, 0) is 15.8 Å². The van der Waals surface area contributed by atoms with Gasteiger partial charge in [0, 0.05) is 4.47 Å². The number of benzene rings is 1. The van der Waals surface area contributed by atoms with Crippen molar-refractivity contribution >= 4 is 33.4 Å². The number of anilines is 1. The third-order valence-electron chi connectivity index (χ3n) is 2.60. The van der Waals surface area contributed by atoms with Gasteiger partial charge in [0.15, 0.2) is 0 Å². The number of piperazine rings is 1. The third-order valence-corrected chi connectivity index (χ3v) is 3.27. The first-order valence-electron chi connectivity index (χ1n) is 5.23. The van der Waals surface area contributed by atoms with Crippen molar-refractivity contribution < 1.29 is 22.8 Å². The molecular weight excluding hydrogens is 329 g/mol. The summed E-state index contributed by atoms with van der Waals surface area (Å²) in [7, 11) is 0. The number of nitrogens with one attached hydrogen (secondary N) is 1. The third kappa shape index (κ3) is 2.89. The van der Waals surface area contributed by atoms with Gasteiger partial charge in [-0.15, -0.1) is 0 Å². The van der Waals surface area contributed by atoms with Gasteiger partial charge in [-0.05, 0) is 34.1 Å². The maximum Gasteiger partial charge on any atom is 0.416 e. The van der Waals surface area contributed by atoms with Gasteiger partial charge < -0.3 is 10.2 Å². The zero-order chi connectivity index (χ0) is 14.2. The molecule has 1 aromatic carbocycles. The summed E-state index contributed by atoms with van der Waals surface area (Å²) in [6.45, 7) is -0.514. The smallest absolute Gasteiger partial charge is 0.345 e. The molecule has 0 aliphatic carbocycles. The van der Waals surface area contributed by atoms with E-state index in [1.807, 2.05) is 0 Å². The maximum absolute atomic E-state index is 12.6. The second kappa shape index (κ2) is 4.84. The molecule has 0 atom stereocenters. The van der Waals surface area contributed by atoms with Crippen LogP contribution >= 0.6 is 15.9 Å². The predicted molar refractivity (Wildman–Crippen MR) is 64.5 cm³/mol. The summed E-state index contributed by atoms with van der Waals surface area (Å²) in [5, 5.41) is 2.33. The molecule has 1 aliphatic rings. The van der Waals surface area contributed by atoms with Crippen LogP contribution in [0, 0.1) is 0 Å². The highest BCUT2D eigenvalue weighted by Gasteiger charge is 2.33. The molecule has 0 saturated carbocycles. The van der Waals surface area contributed by atoms with Crippen LogP contribution in [0.1, 0.15) is 5.56 Å². The molecule has 102 valence electrons. The fourth-order valence-corrected chi connectivity index (χ4v) is 2.13. The van der Waals surface area contributed by atoms with E-state index >= 15 is 0 Å². The number of halogens is 4. The Labute approximate surface area is 114 Å². The highest BCUT2D eigenvalue weighted by molar-refractivity contribution is 9.10. The predicted octanol–water partition coefficient (Wildman–Crippen LogP) is 1.93. The second-order valence-corrected chi connectivity index (χ2v) is 4.77. The monoisotopic (exact) mass is 336 g/mol. The van der Waals surface area contributed by atoms with E-state index in [0.29, 0.717) is 4.47 Å². The Bertz CT molecular complexity index is 545. The molecule has 2 rings (SSSR count). The van der Waals surface area contributed by atoms with E-state index in [1.54, 1.807) is 0 Å². The first-order chi connectivity index (χ1) is 8.79. The van der Waals surface area contributed by atoms with Crippen LogP contribution in [0.25, 0.3) is 0 Å². The summed E-state index contributed by atoms with van der Waals surface area (Å²) < 4.78 is 38.3. The molecule has 1 aliphatic heterocycles. The Balaban J connectivity index is 2.43. The highest BCUT2D eigenvalue weighted by atomic mass is 79.9. The van der Waals surface area contributed by atoms with Crippen molar-refractivity contribution in [2.45, 2.75) is 6.18 Å². The largest absolute Gasteiger partial charge is 0.416 e. The number of amides is 2. The van der Waals surface area contributed by atoms with Gasteiger partial charge >= 0.3 is 6.18 Å². The fraction of sp³-hybridized carbons (Fsp3) is 0.273. The summed E-state index contributed by atoms with van der Waals surface area (Å²) in [6, 6.07) is 2.96. The van der Waals surface area contributed by atoms with Crippen LogP contribution < -0.4 is 10.2 Å². The zero-order valence-corrected chi connectivity index (χ0v) is 11.0. The van der Waals surface area contributed by atoms with E-state index in [1.165, 1.54) is 6.07 Å². The Morgan fingerprint density at radius 2 is 1.95 bits per heavy atom. The lowest BCUT2D eigenvalue weighted by Crippen LogP contribution is -2.51. The van der Waals surface area contributed by atoms with Gasteiger partial charge in [-0.1, -0.05) is 0 Å². The summed E-state index contributed by atoms with van der Waals surface area (Å²) in [4.78, 5) is 23.9. The Hall–Kier alpha value is -1.57. The minimum Gasteiger partial charge on any atom is -0.345 e. The normalized spacial score (nSPS) is 16.5. The van der Waals surface area contributed by atoms with E-state index in [4.69, 9.17) is 0 Å². The number of hydrogen-bond acceptors (Lipinski definition) is 2. The Kier molecular flexibility index (Phi) is 3.53. The summed E-state index contributed by atoms with van der Waals surface area (Å²) >= 11 is 3.09. The molecule has 4 nitrogen and oxygen atoms in total. The van der Waals surface area contributed by atoms with Gasteiger partial charge in [0.1, 0.15) is 6.54 Å². The topological polar surface area (TPSA) is 49.4 Å². The van der Waals surface area contributed by atoms with Crippen LogP contribution in [0.15, 0.2) is 22.7 Å². The number of rotatable bonds is 1. The van der Waals surface area contributed by atoms with Crippen molar-refractivity contribution in [2.75, 3.05) is 18.0 Å². The summed E-state index contributed by atoms with van der Waals surface area (Å²) in [5.41, 5.74) is -0.834. The van der Waals surface area contributed by atoms with E-state index in [0.717, 1.165) is 17.0 Å². The van der Waals surface area contributed by atoms with Gasteiger partial charge in [-0.25, -0.2) is 0 Å². The number of carbonyl (C=O) groups excluding carboxylic acids is 2. The molecule has 19 heavy (non-hydrogen) atoms. The Morgan fingerprint density at radius 3 is 2.58 bits per heavy atom. The quantitative estimate of drug-likeness (QED) is 0.851. The molecule has 1 fully saturated rings. The number of hydrogen-bond donors (Lipinski definition) is 1. The lowest BCUT2D eigenvalue weighted by atomic mass is 10.1. The molecule has 0 bridgehead atoms. The number of nitrogens with zero attached hydrogens (tertiary/aromatic N) is 1. The SMILES string of the molecule is O=C1CN(c2cc(C(F)(F)F)ccc2Br)C(=O)CN1. The lowest BCUT2D eigenvalue weighted by Gasteiger charge is -2.28. The van der Waals surface area contributed by atoms with Crippen molar-refractivity contribution in [2.24, 2.45) is 0 Å². The molecular formula is C11H8BrF3N2O2. The molecule has 1 aromatic rings. The molecule has 0 radical (unpaired) electrons. The highest BCUT2D eigenvalue weighted by Crippen LogP contribution is 2.35. The number of alkyl halides is 3. The van der Waals surface area contributed by atoms with E-state index < -0.39 is 23.6 Å². The van der Waals surface area contributed by atoms with E-state index in [-0.39, 0.29) is 18.8 Å². The maximum atomic E-state index is 12.6. The van der Waals surface area contributed by atoms with E-state index in [2.05, 4.69) is 21.2 Å². The molecule has 2 amide bonds. The van der Waals surface area contributed by atoms with Crippen molar-refractivity contribution in [1.29, 1.82) is 0 Å². The number of carbonyl (C=O) groups is 2. The summed E-state index contributed by atoms with van der Waals surface area (Å²) in [6.07, 6.45) is -4.50. The van der Waals surface area contributed by atoms with Crippen LogP contribution in [0.4, 0.5) is 18.9 Å². The molecule has 1 heterocycles. The standard InChI is InChI=1S/C11H8BrF3N2O2/c12-7-2-1-6(11(13,14)15)3-8(7)17-5-9(18)16-4-10(17)19/h1-3H,4-5H2,(H,16,18). The second-order valence-electron chi connectivity index (χ2n) is 3.92. The van der Waals surface area contributed by atoms with Crippen molar-refractivity contribution in [3.05, 3.63) is 28.2 Å². The molecule has 8 heteroatoms. The first-order valence-corrected chi connectivity index (χ1v) is 6.02. The van der Waals surface area contributed by atoms with Crippen LogP contribution in [0.5, 0.6) is 0 Å². The molecule has 1 saturated heterocycles. The van der Waals surface area contributed by atoms with Crippen LogP contribution in [0.2, 0.25) is 0 Å². The van der Waals surface area contributed by atoms with Crippen LogP contribution in [-0.4, -0.2) is 24.9 Å². The van der Waals surface area contributed by atoms with Crippen molar-refractivity contribution in [3.63, 3.8) is 0 Å². The Morgan fingerprint density at radius 1 is 1.26 bits per heavy atom. The zero-order valence-electron chi connectivity index (χ0n) is 9.42. The van der Waals surface area contributed by atoms with Gasteiger partial charge in [-0.3, -0.25) is 9.59 Å². The fourth-order valence-electron chi connectivity index (χ4n) is 1.67. The molecule has 0 unspecified atom stereocenters. The van der Waals surface area contributed by atoms with Crippen molar-refractivity contribution in [3.8, 4) is 0 Å². The van der Waals surface area contributed by atoms with Gasteiger partial charge in [0.05, 0.1) is 17.8 Å². The minimum atomic E-state index is -4.50. The molecule has 0 aromatic heterocycles. The van der Waals surface area contributed by atoms with Gasteiger partial charge in [0.2, 0.25) is 11.8 Å². The summed E-state index contributed by atoms with van der Waals surface area (Å²) in [5.74, 6) is -0.872. The van der Waals surface area contributed by atoms with E-state index in [9.17, 15) is 22.8 Å². The van der Waals surface area contributed by atoms with Gasteiger partial charge in [0.25, 0.3) is 0 Å². The average molecular weight is 337 g/mol. The average Bonchev–Trinajstić information content (AvgIpc) is 2.32. The van der Waals surface area contributed by atoms with Gasteiger partial charge in [-0.2, -0.15) is 13.2 Å².